The summed E-state index contributed by atoms with van der Waals surface area (Å²) in [6, 6.07) is 26.4. The van der Waals surface area contributed by atoms with Crippen molar-refractivity contribution in [3.05, 3.63) is 106 Å². The molecule has 0 spiro atoms. The molecule has 0 saturated heterocycles. The van der Waals surface area contributed by atoms with E-state index in [4.69, 9.17) is 4.74 Å². The minimum absolute atomic E-state index is 0.278. The maximum absolute atomic E-state index is 12.5. The molecule has 29 heavy (non-hydrogen) atoms. The van der Waals surface area contributed by atoms with Gasteiger partial charge in [0.05, 0.1) is 11.6 Å². The van der Waals surface area contributed by atoms with E-state index in [1.54, 1.807) is 23.5 Å². The van der Waals surface area contributed by atoms with Gasteiger partial charge in [0.1, 0.15) is 0 Å². The van der Waals surface area contributed by atoms with Crippen LogP contribution in [-0.4, -0.2) is 18.5 Å². The summed E-state index contributed by atoms with van der Waals surface area (Å²) < 4.78 is 5.30. The van der Waals surface area contributed by atoms with E-state index in [2.05, 4.69) is 5.32 Å². The molecule has 4 aromatic rings. The molecule has 1 heterocycles. The Morgan fingerprint density at radius 1 is 0.862 bits per heavy atom. The molecule has 4 nitrogen and oxygen atoms in total. The normalized spacial score (nSPS) is 11.7. The highest BCUT2D eigenvalue weighted by Gasteiger charge is 2.19. The van der Waals surface area contributed by atoms with E-state index in [-0.39, 0.29) is 18.6 Å². The van der Waals surface area contributed by atoms with Crippen LogP contribution in [-0.2, 0) is 9.53 Å². The minimum Gasteiger partial charge on any atom is -0.452 e. The van der Waals surface area contributed by atoms with Crippen molar-refractivity contribution in [3.63, 3.8) is 0 Å². The van der Waals surface area contributed by atoms with E-state index in [1.165, 1.54) is 0 Å². The summed E-state index contributed by atoms with van der Waals surface area (Å²) in [5, 5.41) is 6.70. The Morgan fingerprint density at radius 3 is 2.41 bits per heavy atom. The number of rotatable bonds is 6. The molecule has 0 unspecified atom stereocenters. The smallest absolute Gasteiger partial charge is 0.339 e. The summed E-state index contributed by atoms with van der Waals surface area (Å²) in [6.45, 7) is -0.337. The topological polar surface area (TPSA) is 55.4 Å². The average molecular weight is 401 g/mol. The summed E-state index contributed by atoms with van der Waals surface area (Å²) in [7, 11) is 0. The van der Waals surface area contributed by atoms with Gasteiger partial charge in [-0.15, -0.1) is 11.3 Å². The van der Waals surface area contributed by atoms with Crippen LogP contribution < -0.4 is 5.32 Å². The number of hydrogen-bond donors (Lipinski definition) is 1. The number of thiophene rings is 1. The van der Waals surface area contributed by atoms with Crippen molar-refractivity contribution in [1.29, 1.82) is 0 Å². The van der Waals surface area contributed by atoms with Gasteiger partial charge >= 0.3 is 5.97 Å². The Morgan fingerprint density at radius 2 is 1.62 bits per heavy atom. The Balaban J connectivity index is 1.45. The lowest BCUT2D eigenvalue weighted by Crippen LogP contribution is -2.32. The van der Waals surface area contributed by atoms with Crippen LogP contribution in [0.2, 0.25) is 0 Å². The van der Waals surface area contributed by atoms with Crippen LogP contribution in [0.5, 0.6) is 0 Å². The molecule has 0 saturated carbocycles. The molecule has 0 aliphatic rings. The van der Waals surface area contributed by atoms with Crippen LogP contribution in [0, 0.1) is 0 Å². The van der Waals surface area contributed by atoms with Crippen LogP contribution in [0.4, 0.5) is 0 Å². The van der Waals surface area contributed by atoms with Crippen LogP contribution >= 0.6 is 11.3 Å². The fraction of sp³-hybridized carbons (Fsp3) is 0.0833. The summed E-state index contributed by atoms with van der Waals surface area (Å²) in [5.41, 5.74) is 1.43. The van der Waals surface area contributed by atoms with E-state index < -0.39 is 5.97 Å². The average Bonchev–Trinajstić information content (AvgIpc) is 3.30. The van der Waals surface area contributed by atoms with Crippen molar-refractivity contribution in [2.24, 2.45) is 0 Å². The van der Waals surface area contributed by atoms with Gasteiger partial charge in [0, 0.05) is 4.88 Å². The SMILES string of the molecule is O=C(COC(=O)c1cccc2ccccc12)N[C@@H](c1ccccc1)c1cccs1. The molecule has 0 fully saturated rings. The van der Waals surface area contributed by atoms with Crippen molar-refractivity contribution in [2.45, 2.75) is 6.04 Å². The molecule has 1 amide bonds. The molecule has 0 bridgehead atoms. The zero-order chi connectivity index (χ0) is 20.1. The third-order valence-electron chi connectivity index (χ3n) is 4.61. The molecule has 1 N–H and O–H groups in total. The predicted octanol–water partition coefficient (Wildman–Crippen LogP) is 4.96. The van der Waals surface area contributed by atoms with E-state index in [0.717, 1.165) is 21.2 Å². The van der Waals surface area contributed by atoms with Crippen molar-refractivity contribution in [1.82, 2.24) is 5.32 Å². The minimum atomic E-state index is -0.510. The van der Waals surface area contributed by atoms with Crippen molar-refractivity contribution in [2.75, 3.05) is 6.61 Å². The Bertz CT molecular complexity index is 1120. The highest BCUT2D eigenvalue weighted by molar-refractivity contribution is 7.10. The molecule has 1 atom stereocenters. The highest BCUT2D eigenvalue weighted by atomic mass is 32.1. The number of carbonyl (C=O) groups is 2. The molecule has 3 aromatic carbocycles. The molecule has 0 aliphatic carbocycles. The largest absolute Gasteiger partial charge is 0.452 e. The van der Waals surface area contributed by atoms with Crippen LogP contribution in [0.15, 0.2) is 90.3 Å². The third-order valence-corrected chi connectivity index (χ3v) is 5.55. The molecule has 0 radical (unpaired) electrons. The number of hydrogen-bond acceptors (Lipinski definition) is 4. The second kappa shape index (κ2) is 8.71. The maximum atomic E-state index is 12.5. The van der Waals surface area contributed by atoms with Gasteiger partial charge in [-0.1, -0.05) is 72.8 Å². The number of fused-ring (bicyclic) bond motifs is 1. The zero-order valence-corrected chi connectivity index (χ0v) is 16.4. The van der Waals surface area contributed by atoms with Crippen LogP contribution in [0.1, 0.15) is 26.8 Å². The van der Waals surface area contributed by atoms with Gasteiger partial charge in [-0.05, 0) is 33.8 Å². The van der Waals surface area contributed by atoms with Gasteiger partial charge in [0.2, 0.25) is 0 Å². The summed E-state index contributed by atoms with van der Waals surface area (Å²) in [6.07, 6.45) is 0. The Hall–Kier alpha value is -3.44. The van der Waals surface area contributed by atoms with E-state index in [9.17, 15) is 9.59 Å². The van der Waals surface area contributed by atoms with E-state index >= 15 is 0 Å². The molecule has 4 rings (SSSR count). The van der Waals surface area contributed by atoms with Gasteiger partial charge in [0.25, 0.3) is 5.91 Å². The molecule has 1 aromatic heterocycles. The first-order chi connectivity index (χ1) is 14.2. The number of amides is 1. The summed E-state index contributed by atoms with van der Waals surface area (Å²) >= 11 is 1.57. The number of benzene rings is 3. The lowest BCUT2D eigenvalue weighted by atomic mass is 10.0. The molecular formula is C24H19NO3S. The van der Waals surface area contributed by atoms with Crippen molar-refractivity contribution < 1.29 is 14.3 Å². The number of nitrogens with one attached hydrogen (secondary N) is 1. The quantitative estimate of drug-likeness (QED) is 0.465. The lowest BCUT2D eigenvalue weighted by Gasteiger charge is -2.18. The van der Waals surface area contributed by atoms with Gasteiger partial charge in [-0.3, -0.25) is 4.79 Å². The predicted molar refractivity (Wildman–Crippen MR) is 115 cm³/mol. The Kier molecular flexibility index (Phi) is 5.68. The summed E-state index contributed by atoms with van der Waals surface area (Å²) in [5.74, 6) is -0.856. The molecular weight excluding hydrogens is 382 g/mol. The third kappa shape index (κ3) is 4.36. The summed E-state index contributed by atoms with van der Waals surface area (Å²) in [4.78, 5) is 26.1. The number of carbonyl (C=O) groups excluding carboxylic acids is 2. The number of esters is 1. The standard InChI is InChI=1S/C24H19NO3S/c26-22(25-23(21-14-7-15-29-21)18-9-2-1-3-10-18)16-28-24(27)20-13-6-11-17-8-4-5-12-19(17)20/h1-15,23H,16H2,(H,25,26)/t23-/m0/s1. The zero-order valence-electron chi connectivity index (χ0n) is 15.6. The van der Waals surface area contributed by atoms with Gasteiger partial charge < -0.3 is 10.1 Å². The first-order valence-corrected chi connectivity index (χ1v) is 10.1. The maximum Gasteiger partial charge on any atom is 0.339 e. The second-order valence-electron chi connectivity index (χ2n) is 6.53. The van der Waals surface area contributed by atoms with E-state index in [0.29, 0.717) is 5.56 Å². The second-order valence-corrected chi connectivity index (χ2v) is 7.51. The fourth-order valence-corrected chi connectivity index (χ4v) is 4.04. The first kappa shape index (κ1) is 18.9. The van der Waals surface area contributed by atoms with Crippen LogP contribution in [0.3, 0.4) is 0 Å². The molecule has 5 heteroatoms. The molecule has 144 valence electrons. The van der Waals surface area contributed by atoms with Gasteiger partial charge in [0.15, 0.2) is 6.61 Å². The van der Waals surface area contributed by atoms with Gasteiger partial charge in [-0.25, -0.2) is 4.79 Å². The van der Waals surface area contributed by atoms with Crippen molar-refractivity contribution >= 4 is 34.0 Å². The highest BCUT2D eigenvalue weighted by Crippen LogP contribution is 2.26. The van der Waals surface area contributed by atoms with Crippen molar-refractivity contribution in [3.8, 4) is 0 Å². The number of ether oxygens (including phenoxy) is 1. The first-order valence-electron chi connectivity index (χ1n) is 9.25. The van der Waals surface area contributed by atoms with Crippen LogP contribution in [0.25, 0.3) is 10.8 Å². The fourth-order valence-electron chi connectivity index (χ4n) is 3.23. The van der Waals surface area contributed by atoms with Gasteiger partial charge in [-0.2, -0.15) is 0 Å². The molecule has 0 aliphatic heterocycles. The van der Waals surface area contributed by atoms with E-state index in [1.807, 2.05) is 78.2 Å². The Labute approximate surface area is 172 Å². The lowest BCUT2D eigenvalue weighted by molar-refractivity contribution is -0.124. The monoisotopic (exact) mass is 401 g/mol.